The maximum Gasteiger partial charge on any atom is 0.0991 e. The number of carbonyl (C=O) groups is 1. The van der Waals surface area contributed by atoms with E-state index in [0.717, 1.165) is 11.1 Å². The molecule has 25 heavy (non-hydrogen) atoms. The Bertz CT molecular complexity index is 742. The average molecular weight is 339 g/mol. The van der Waals surface area contributed by atoms with E-state index < -0.39 is 12.0 Å². The molecule has 0 spiro atoms. The number of hydrogen-bond donors (Lipinski definition) is 1. The molecule has 0 aliphatic rings. The molecule has 0 aliphatic heterocycles. The highest BCUT2D eigenvalue weighted by molar-refractivity contribution is 5.77. The largest absolute Gasteiger partial charge is 0.548 e. The molecule has 2 aromatic rings. The molecule has 6 nitrogen and oxygen atoms in total. The van der Waals surface area contributed by atoms with E-state index in [9.17, 15) is 9.90 Å². The second-order valence-electron chi connectivity index (χ2n) is 5.53. The molecule has 0 aliphatic carbocycles. The Balaban J connectivity index is 2.34. The van der Waals surface area contributed by atoms with Crippen molar-refractivity contribution in [2.75, 3.05) is 19.5 Å². The van der Waals surface area contributed by atoms with Crippen LogP contribution in [0.15, 0.2) is 42.5 Å². The van der Waals surface area contributed by atoms with Crippen LogP contribution in [0.4, 0.5) is 5.69 Å². The van der Waals surface area contributed by atoms with Gasteiger partial charge >= 0.3 is 0 Å². The van der Waals surface area contributed by atoms with E-state index in [1.165, 1.54) is 0 Å². The molecule has 0 fully saturated rings. The number of anilines is 1. The monoisotopic (exact) mass is 339 g/mol. The summed E-state index contributed by atoms with van der Waals surface area (Å²) in [6.45, 7) is 0.725. The van der Waals surface area contributed by atoms with Gasteiger partial charge in [0, 0.05) is 19.9 Å². The molecule has 0 radical (unpaired) electrons. The van der Waals surface area contributed by atoms with Crippen LogP contribution < -0.4 is 10.4 Å². The quantitative estimate of drug-likeness (QED) is 0.787. The van der Waals surface area contributed by atoms with Crippen molar-refractivity contribution in [3.8, 4) is 6.07 Å². The summed E-state index contributed by atoms with van der Waals surface area (Å²) in [5.74, 6) is -1.25. The highest BCUT2D eigenvalue weighted by Gasteiger charge is 2.15. The number of methoxy groups -OCH3 is 2. The van der Waals surface area contributed by atoms with Gasteiger partial charge in [0.25, 0.3) is 0 Å². The number of aliphatic carboxylic acids is 1. The van der Waals surface area contributed by atoms with Gasteiger partial charge in [-0.25, -0.2) is 0 Å². The maximum atomic E-state index is 11.7. The van der Waals surface area contributed by atoms with E-state index in [1.807, 2.05) is 12.1 Å². The van der Waals surface area contributed by atoms with Crippen molar-refractivity contribution < 1.29 is 19.4 Å². The van der Waals surface area contributed by atoms with Crippen LogP contribution >= 0.6 is 0 Å². The van der Waals surface area contributed by atoms with Crippen molar-refractivity contribution >= 4 is 11.7 Å². The lowest BCUT2D eigenvalue weighted by atomic mass is 10.00. The molecule has 0 aromatic heterocycles. The fraction of sp³-hybridized carbons (Fsp3) is 0.263. The number of nitriles is 1. The average Bonchev–Trinajstić information content (AvgIpc) is 2.60. The Morgan fingerprint density at radius 3 is 2.12 bits per heavy atom. The first kappa shape index (κ1) is 18.5. The molecule has 0 amide bonds. The Morgan fingerprint density at radius 2 is 1.68 bits per heavy atom. The summed E-state index contributed by atoms with van der Waals surface area (Å²) < 4.78 is 10.3. The summed E-state index contributed by atoms with van der Waals surface area (Å²) in [7, 11) is 3.15. The lowest BCUT2D eigenvalue weighted by Gasteiger charge is -2.23. The minimum atomic E-state index is -1.25. The van der Waals surface area contributed by atoms with Gasteiger partial charge in [0.2, 0.25) is 0 Å². The first-order valence-electron chi connectivity index (χ1n) is 7.65. The van der Waals surface area contributed by atoms with Gasteiger partial charge in [-0.15, -0.1) is 0 Å². The fourth-order valence-corrected chi connectivity index (χ4v) is 2.54. The Hall–Kier alpha value is -2.88. The van der Waals surface area contributed by atoms with Crippen molar-refractivity contribution in [2.45, 2.75) is 19.3 Å². The van der Waals surface area contributed by atoms with Gasteiger partial charge in [-0.2, -0.15) is 5.26 Å². The van der Waals surface area contributed by atoms with Crippen molar-refractivity contribution in [3.63, 3.8) is 0 Å². The molecule has 0 saturated carbocycles. The number of rotatable bonds is 8. The molecule has 6 heteroatoms. The van der Waals surface area contributed by atoms with E-state index in [1.54, 1.807) is 50.6 Å². The summed E-state index contributed by atoms with van der Waals surface area (Å²) in [5, 5.41) is 23.4. The molecule has 0 heterocycles. The van der Waals surface area contributed by atoms with Crippen molar-refractivity contribution in [2.24, 2.45) is 0 Å². The Labute approximate surface area is 146 Å². The first-order valence-corrected chi connectivity index (χ1v) is 7.65. The summed E-state index contributed by atoms with van der Waals surface area (Å²) in [6.07, 6.45) is 0. The van der Waals surface area contributed by atoms with Crippen LogP contribution in [0.1, 0.15) is 28.3 Å². The molecular weight excluding hydrogens is 320 g/mol. The molecular formula is C19H19N2O4-. The first-order chi connectivity index (χ1) is 12.1. The van der Waals surface area contributed by atoms with Gasteiger partial charge in [0.05, 0.1) is 36.9 Å². The second-order valence-corrected chi connectivity index (χ2v) is 5.53. The minimum absolute atomic E-state index is 0.362. The number of ether oxygens (including phenoxy) is 2. The zero-order valence-corrected chi connectivity index (χ0v) is 14.1. The normalized spacial score (nSPS) is 11.6. The van der Waals surface area contributed by atoms with Crippen LogP contribution in [0.2, 0.25) is 0 Å². The molecule has 1 N–H and O–H groups in total. The van der Waals surface area contributed by atoms with Gasteiger partial charge in [0.15, 0.2) is 0 Å². The highest BCUT2D eigenvalue weighted by Crippen LogP contribution is 2.23. The third kappa shape index (κ3) is 5.05. The Kier molecular flexibility index (Phi) is 6.52. The number of carboxylic acids is 1. The summed E-state index contributed by atoms with van der Waals surface area (Å²) in [6, 6.07) is 13.0. The van der Waals surface area contributed by atoms with Crippen LogP contribution in [-0.4, -0.2) is 20.2 Å². The summed E-state index contributed by atoms with van der Waals surface area (Å²) in [4.78, 5) is 11.7. The SMILES string of the molecule is COCc1cc(COC)cc(C(Nc2ccc(C#N)cc2)C(=O)[O-])c1. The lowest BCUT2D eigenvalue weighted by Crippen LogP contribution is -2.34. The second kappa shape index (κ2) is 8.83. The lowest BCUT2D eigenvalue weighted by molar-refractivity contribution is -0.307. The van der Waals surface area contributed by atoms with E-state index in [-0.39, 0.29) is 0 Å². The number of hydrogen-bond acceptors (Lipinski definition) is 6. The van der Waals surface area contributed by atoms with E-state index in [0.29, 0.717) is 30.0 Å². The number of carboxylic acid groups (broad SMARTS) is 1. The maximum absolute atomic E-state index is 11.7. The third-order valence-corrected chi connectivity index (χ3v) is 3.59. The van der Waals surface area contributed by atoms with Crippen LogP contribution in [0, 0.1) is 11.3 Å². The number of nitrogens with one attached hydrogen (secondary N) is 1. The minimum Gasteiger partial charge on any atom is -0.548 e. The summed E-state index contributed by atoms with van der Waals surface area (Å²) >= 11 is 0. The molecule has 130 valence electrons. The predicted octanol–water partition coefficient (Wildman–Crippen LogP) is 1.75. The third-order valence-electron chi connectivity index (χ3n) is 3.59. The van der Waals surface area contributed by atoms with Crippen molar-refractivity contribution in [1.29, 1.82) is 5.26 Å². The molecule has 2 rings (SSSR count). The highest BCUT2D eigenvalue weighted by atomic mass is 16.5. The standard InChI is InChI=1S/C19H20N2O4/c1-24-11-14-7-15(12-25-2)9-16(8-14)18(19(22)23)21-17-5-3-13(10-20)4-6-17/h3-9,18,21H,11-12H2,1-2H3,(H,22,23)/p-1. The number of benzene rings is 2. The van der Waals surface area contributed by atoms with Gasteiger partial charge < -0.3 is 24.7 Å². The Morgan fingerprint density at radius 1 is 1.12 bits per heavy atom. The smallest absolute Gasteiger partial charge is 0.0991 e. The van der Waals surface area contributed by atoms with Gasteiger partial charge in [-0.05, 0) is 41.0 Å². The number of carbonyl (C=O) groups excluding carboxylic acids is 1. The zero-order valence-electron chi connectivity index (χ0n) is 14.1. The summed E-state index contributed by atoms with van der Waals surface area (Å²) in [5.41, 5.74) is 3.32. The van der Waals surface area contributed by atoms with Crippen LogP contribution in [0.3, 0.4) is 0 Å². The van der Waals surface area contributed by atoms with E-state index in [4.69, 9.17) is 14.7 Å². The van der Waals surface area contributed by atoms with Gasteiger partial charge in [-0.1, -0.05) is 18.2 Å². The molecule has 2 aromatic carbocycles. The van der Waals surface area contributed by atoms with Crippen LogP contribution in [0.5, 0.6) is 0 Å². The van der Waals surface area contributed by atoms with E-state index >= 15 is 0 Å². The van der Waals surface area contributed by atoms with Gasteiger partial charge in [0.1, 0.15) is 0 Å². The van der Waals surface area contributed by atoms with Crippen molar-refractivity contribution in [1.82, 2.24) is 0 Å². The van der Waals surface area contributed by atoms with Crippen LogP contribution in [0.25, 0.3) is 0 Å². The molecule has 1 unspecified atom stereocenters. The molecule has 1 atom stereocenters. The van der Waals surface area contributed by atoms with Crippen LogP contribution in [-0.2, 0) is 27.5 Å². The number of nitrogens with zero attached hydrogens (tertiary/aromatic N) is 1. The topological polar surface area (TPSA) is 94.4 Å². The molecule has 0 bridgehead atoms. The zero-order chi connectivity index (χ0) is 18.2. The van der Waals surface area contributed by atoms with Crippen molar-refractivity contribution in [3.05, 3.63) is 64.7 Å². The van der Waals surface area contributed by atoms with E-state index in [2.05, 4.69) is 5.32 Å². The molecule has 0 saturated heterocycles. The fourth-order valence-electron chi connectivity index (χ4n) is 2.54. The predicted molar refractivity (Wildman–Crippen MR) is 90.4 cm³/mol. The van der Waals surface area contributed by atoms with Gasteiger partial charge in [-0.3, -0.25) is 0 Å².